The van der Waals surface area contributed by atoms with E-state index in [4.69, 9.17) is 37.0 Å². The Morgan fingerprint density at radius 1 is 0.255 bits per heavy atom. The van der Waals surface area contributed by atoms with Crippen molar-refractivity contribution in [2.45, 2.75) is 484 Å². The Labute approximate surface area is 651 Å². The summed E-state index contributed by atoms with van der Waals surface area (Å²) in [6.07, 6.45) is 71.1. The SMILES string of the molecule is CCCCCCCCCCCCCCCCCCCCCCCCC(=O)O[C@H](COC(=O)CCCCCCCCCCCCCCCCCCCCC)COP(=O)(O)OC[C@@H](O)COP(=O)(O)OC[C@@H](COC(=O)CCCCCCCCCC(C)C)OC(=O)CCCCCCCCCCCCCCC(C)C. The van der Waals surface area contributed by atoms with E-state index in [1.807, 2.05) is 0 Å². The second-order valence-electron chi connectivity index (χ2n) is 32.2. The van der Waals surface area contributed by atoms with Crippen molar-refractivity contribution in [3.05, 3.63) is 0 Å². The molecule has 0 aromatic carbocycles. The van der Waals surface area contributed by atoms with Gasteiger partial charge in [-0.1, -0.05) is 414 Å². The van der Waals surface area contributed by atoms with E-state index >= 15 is 0 Å². The molecule has 3 N–H and O–H groups in total. The number of aliphatic hydroxyl groups is 1. The van der Waals surface area contributed by atoms with Crippen LogP contribution in [0.3, 0.4) is 0 Å². The molecular formula is C87H170O17P2. The molecule has 0 aromatic heterocycles. The van der Waals surface area contributed by atoms with Gasteiger partial charge in [0.1, 0.15) is 19.3 Å². The van der Waals surface area contributed by atoms with E-state index < -0.39 is 97.5 Å². The predicted octanol–water partition coefficient (Wildman–Crippen LogP) is 26.6. The minimum absolute atomic E-state index is 0.106. The smallest absolute Gasteiger partial charge is 0.462 e. The zero-order valence-electron chi connectivity index (χ0n) is 69.7. The van der Waals surface area contributed by atoms with Crippen molar-refractivity contribution in [1.29, 1.82) is 0 Å². The van der Waals surface area contributed by atoms with Gasteiger partial charge in [0.25, 0.3) is 0 Å². The number of hydrogen-bond acceptors (Lipinski definition) is 15. The predicted molar refractivity (Wildman–Crippen MR) is 437 cm³/mol. The summed E-state index contributed by atoms with van der Waals surface area (Å²) in [5.74, 6) is -0.622. The Hall–Kier alpha value is -1.94. The standard InChI is InChI=1S/C87H170O17P2/c1-7-9-11-13-15-17-19-21-23-25-27-28-29-31-33-35-37-42-46-52-59-65-71-86(91)103-82(75-97-84(89)69-63-57-51-45-41-36-34-32-30-26-24-22-20-18-16-14-12-10-8-2)77-101-105(93,94)99-73-81(88)74-100-106(95,96)102-78-83(76-98-85(90)70-64-58-54-48-50-56-62-68-80(5)6)104-87(92)72-66-60-53-47-43-39-38-40-44-49-55-61-67-79(3)4/h79-83,88H,7-78H2,1-6H3,(H,93,94)(H,95,96)/t81-,82-,83-/m1/s1. The molecule has 0 aliphatic heterocycles. The first-order valence-electron chi connectivity index (χ1n) is 45.0. The molecule has 0 aliphatic rings. The number of esters is 4. The maximum Gasteiger partial charge on any atom is 0.472 e. The van der Waals surface area contributed by atoms with E-state index in [9.17, 15) is 43.2 Å². The summed E-state index contributed by atoms with van der Waals surface area (Å²) in [6.45, 7) is 9.62. The molecule has 0 heterocycles. The summed E-state index contributed by atoms with van der Waals surface area (Å²) in [5.41, 5.74) is 0. The quantitative estimate of drug-likeness (QED) is 0.0222. The zero-order valence-corrected chi connectivity index (χ0v) is 71.5. The highest BCUT2D eigenvalue weighted by Gasteiger charge is 2.30. The fourth-order valence-corrected chi connectivity index (χ4v) is 15.2. The lowest BCUT2D eigenvalue weighted by Gasteiger charge is -2.21. The second kappa shape index (κ2) is 78.3. The lowest BCUT2D eigenvalue weighted by Crippen LogP contribution is -2.30. The van der Waals surface area contributed by atoms with E-state index in [-0.39, 0.29) is 25.7 Å². The highest BCUT2D eigenvalue weighted by atomic mass is 31.2. The Balaban J connectivity index is 5.21. The molecule has 106 heavy (non-hydrogen) atoms. The number of aliphatic hydroxyl groups excluding tert-OH is 1. The average Bonchev–Trinajstić information content (AvgIpc) is 0.900. The van der Waals surface area contributed by atoms with Gasteiger partial charge in [-0.3, -0.25) is 37.3 Å². The Morgan fingerprint density at radius 3 is 0.642 bits per heavy atom. The normalized spacial score (nSPS) is 13.8. The lowest BCUT2D eigenvalue weighted by molar-refractivity contribution is -0.161. The van der Waals surface area contributed by atoms with Crippen LogP contribution in [-0.2, 0) is 65.4 Å². The monoisotopic (exact) mass is 1550 g/mol. The topological polar surface area (TPSA) is 237 Å². The molecule has 0 spiro atoms. The Morgan fingerprint density at radius 2 is 0.434 bits per heavy atom. The van der Waals surface area contributed by atoms with E-state index in [1.165, 1.54) is 276 Å². The van der Waals surface area contributed by atoms with Crippen molar-refractivity contribution in [3.63, 3.8) is 0 Å². The van der Waals surface area contributed by atoms with Crippen molar-refractivity contribution >= 4 is 39.5 Å². The summed E-state index contributed by atoms with van der Waals surface area (Å²) in [5, 5.41) is 10.7. The fourth-order valence-electron chi connectivity index (χ4n) is 13.6. The molecule has 0 rings (SSSR count). The summed E-state index contributed by atoms with van der Waals surface area (Å²) in [4.78, 5) is 73.2. The molecule has 0 bridgehead atoms. The van der Waals surface area contributed by atoms with Gasteiger partial charge in [-0.15, -0.1) is 0 Å². The van der Waals surface area contributed by atoms with Gasteiger partial charge in [0, 0.05) is 25.7 Å². The number of rotatable bonds is 86. The third-order valence-corrected chi connectivity index (χ3v) is 22.4. The first-order valence-corrected chi connectivity index (χ1v) is 48.0. The third-order valence-electron chi connectivity index (χ3n) is 20.5. The molecule has 630 valence electrons. The van der Waals surface area contributed by atoms with Crippen molar-refractivity contribution < 1.29 is 80.2 Å². The molecule has 5 atom stereocenters. The van der Waals surface area contributed by atoms with Crippen molar-refractivity contribution in [2.24, 2.45) is 11.8 Å². The number of carbonyl (C=O) groups excluding carboxylic acids is 4. The van der Waals surface area contributed by atoms with Crippen LogP contribution in [0.15, 0.2) is 0 Å². The highest BCUT2D eigenvalue weighted by Crippen LogP contribution is 2.45. The summed E-state index contributed by atoms with van der Waals surface area (Å²) < 4.78 is 68.9. The van der Waals surface area contributed by atoms with Crippen LogP contribution in [0.5, 0.6) is 0 Å². The third kappa shape index (κ3) is 80.1. The minimum Gasteiger partial charge on any atom is -0.462 e. The largest absolute Gasteiger partial charge is 0.472 e. The van der Waals surface area contributed by atoms with Gasteiger partial charge >= 0.3 is 39.5 Å². The summed E-state index contributed by atoms with van der Waals surface area (Å²) in [7, 11) is -9.93. The molecular weight excluding hydrogens is 1380 g/mol. The van der Waals surface area contributed by atoms with Crippen LogP contribution in [0.1, 0.15) is 465 Å². The van der Waals surface area contributed by atoms with Crippen LogP contribution >= 0.6 is 15.6 Å². The molecule has 0 amide bonds. The minimum atomic E-state index is -4.97. The first-order chi connectivity index (χ1) is 51.4. The van der Waals surface area contributed by atoms with Crippen LogP contribution in [0.4, 0.5) is 0 Å². The van der Waals surface area contributed by atoms with Crippen molar-refractivity contribution in [3.8, 4) is 0 Å². The van der Waals surface area contributed by atoms with Gasteiger partial charge in [0.2, 0.25) is 0 Å². The van der Waals surface area contributed by atoms with Gasteiger partial charge in [0.05, 0.1) is 26.4 Å². The van der Waals surface area contributed by atoms with Gasteiger partial charge in [-0.05, 0) is 37.5 Å². The maximum absolute atomic E-state index is 13.2. The number of unbranched alkanes of at least 4 members (excludes halogenated alkanes) is 56. The molecule has 0 aromatic rings. The van der Waals surface area contributed by atoms with Gasteiger partial charge in [-0.2, -0.15) is 0 Å². The number of phosphoric ester groups is 2. The lowest BCUT2D eigenvalue weighted by atomic mass is 10.0. The summed E-state index contributed by atoms with van der Waals surface area (Å²) in [6, 6.07) is 0. The molecule has 0 radical (unpaired) electrons. The van der Waals surface area contributed by atoms with Crippen LogP contribution in [0.2, 0.25) is 0 Å². The zero-order chi connectivity index (χ0) is 77.8. The first kappa shape index (κ1) is 104. The van der Waals surface area contributed by atoms with E-state index in [2.05, 4.69) is 41.5 Å². The molecule has 0 saturated heterocycles. The second-order valence-corrected chi connectivity index (χ2v) is 35.1. The van der Waals surface area contributed by atoms with E-state index in [0.717, 1.165) is 102 Å². The van der Waals surface area contributed by atoms with Crippen LogP contribution in [0.25, 0.3) is 0 Å². The Kier molecular flexibility index (Phi) is 76.9. The van der Waals surface area contributed by atoms with Crippen LogP contribution < -0.4 is 0 Å². The van der Waals surface area contributed by atoms with Crippen LogP contribution in [-0.4, -0.2) is 96.7 Å². The molecule has 19 heteroatoms. The number of carbonyl (C=O) groups is 4. The molecule has 0 saturated carbocycles. The van der Waals surface area contributed by atoms with Crippen molar-refractivity contribution in [1.82, 2.24) is 0 Å². The van der Waals surface area contributed by atoms with E-state index in [0.29, 0.717) is 31.6 Å². The Bertz CT molecular complexity index is 2030. The summed E-state index contributed by atoms with van der Waals surface area (Å²) >= 11 is 0. The maximum atomic E-state index is 13.2. The van der Waals surface area contributed by atoms with Gasteiger partial charge < -0.3 is 33.8 Å². The van der Waals surface area contributed by atoms with Crippen molar-refractivity contribution in [2.75, 3.05) is 39.6 Å². The van der Waals surface area contributed by atoms with Crippen LogP contribution in [0, 0.1) is 11.8 Å². The van der Waals surface area contributed by atoms with Gasteiger partial charge in [-0.25, -0.2) is 9.13 Å². The number of phosphoric acid groups is 2. The molecule has 0 fully saturated rings. The van der Waals surface area contributed by atoms with Gasteiger partial charge in [0.15, 0.2) is 12.2 Å². The molecule has 2 unspecified atom stereocenters. The average molecular weight is 1550 g/mol. The highest BCUT2D eigenvalue weighted by molar-refractivity contribution is 7.47. The number of ether oxygens (including phenoxy) is 4. The van der Waals surface area contributed by atoms with E-state index in [1.54, 1.807) is 0 Å². The fraction of sp³-hybridized carbons (Fsp3) is 0.954. The molecule has 0 aliphatic carbocycles. The number of hydrogen-bond donors (Lipinski definition) is 3. The molecule has 17 nitrogen and oxygen atoms in total.